The molecule has 8 nitrogen and oxygen atoms in total. The summed E-state index contributed by atoms with van der Waals surface area (Å²) >= 11 is 0. The maximum Gasteiger partial charge on any atom is 0.280 e. The highest BCUT2D eigenvalue weighted by atomic mass is 32.2. The molecule has 0 aliphatic rings. The quantitative estimate of drug-likeness (QED) is 0.575. The van der Waals surface area contributed by atoms with E-state index < -0.39 is 21.7 Å². The highest BCUT2D eigenvalue weighted by Crippen LogP contribution is 2.33. The molecule has 1 amide bonds. The minimum atomic E-state index is -3.68. The fourth-order valence-electron chi connectivity index (χ4n) is 2.76. The number of amides is 1. The molecule has 2 aromatic rings. The van der Waals surface area contributed by atoms with Gasteiger partial charge in [-0.3, -0.25) is 4.79 Å². The molecule has 0 bridgehead atoms. The van der Waals surface area contributed by atoms with Crippen LogP contribution < -0.4 is 16.4 Å². The van der Waals surface area contributed by atoms with Crippen molar-refractivity contribution in [1.29, 1.82) is 5.26 Å². The number of aliphatic imine (C=N–C) groups is 1. The van der Waals surface area contributed by atoms with Crippen LogP contribution in [-0.4, -0.2) is 33.6 Å². The molecular weight excluding hydrogens is 378 g/mol. The highest BCUT2D eigenvalue weighted by molar-refractivity contribution is 7.90. The van der Waals surface area contributed by atoms with Gasteiger partial charge in [0.05, 0.1) is 22.2 Å². The van der Waals surface area contributed by atoms with Crippen molar-refractivity contribution in [2.45, 2.75) is 18.2 Å². The maximum atomic E-state index is 12.4. The normalized spacial score (nSPS) is 10.8. The van der Waals surface area contributed by atoms with Gasteiger partial charge in [-0.1, -0.05) is 13.0 Å². The first-order chi connectivity index (χ1) is 13.1. The Balaban J connectivity index is 2.75. The second-order valence-electron chi connectivity index (χ2n) is 6.17. The van der Waals surface area contributed by atoms with E-state index in [-0.39, 0.29) is 10.5 Å². The number of anilines is 2. The third-order valence-electron chi connectivity index (χ3n) is 4.15. The lowest BCUT2D eigenvalue weighted by Gasteiger charge is -2.24. The van der Waals surface area contributed by atoms with E-state index in [0.717, 1.165) is 6.26 Å². The highest BCUT2D eigenvalue weighted by Gasteiger charge is 2.23. The average Bonchev–Trinajstić information content (AvgIpc) is 2.65. The molecule has 9 heteroatoms. The number of nitrogens with two attached hydrogens (primary N) is 2. The van der Waals surface area contributed by atoms with Crippen LogP contribution >= 0.6 is 0 Å². The minimum absolute atomic E-state index is 0.0382. The smallest absolute Gasteiger partial charge is 0.280 e. The van der Waals surface area contributed by atoms with Gasteiger partial charge in [0.1, 0.15) is 0 Å². The van der Waals surface area contributed by atoms with E-state index in [0.29, 0.717) is 28.9 Å². The van der Waals surface area contributed by atoms with Gasteiger partial charge in [0.15, 0.2) is 15.8 Å². The fraction of sp³-hybridized carbons (Fsp3) is 0.211. The summed E-state index contributed by atoms with van der Waals surface area (Å²) in [6.07, 6.45) is 1.52. The Bertz CT molecular complexity index is 1100. The molecule has 0 saturated carbocycles. The molecule has 146 valence electrons. The van der Waals surface area contributed by atoms with Gasteiger partial charge in [0.2, 0.25) is 0 Å². The van der Waals surface area contributed by atoms with Crippen molar-refractivity contribution in [2.75, 3.05) is 18.2 Å². The molecule has 0 saturated heterocycles. The lowest BCUT2D eigenvalue weighted by Crippen LogP contribution is -2.24. The van der Waals surface area contributed by atoms with Gasteiger partial charge >= 0.3 is 0 Å². The Morgan fingerprint density at radius 1 is 1.25 bits per heavy atom. The van der Waals surface area contributed by atoms with Gasteiger partial charge in [-0.05, 0) is 42.3 Å². The minimum Gasteiger partial charge on any atom is -0.370 e. The van der Waals surface area contributed by atoms with Gasteiger partial charge in [-0.2, -0.15) is 10.3 Å². The van der Waals surface area contributed by atoms with E-state index in [4.69, 9.17) is 16.7 Å². The summed E-state index contributed by atoms with van der Waals surface area (Å²) < 4.78 is 24.9. The lowest BCUT2D eigenvalue weighted by atomic mass is 10.0. The van der Waals surface area contributed by atoms with Gasteiger partial charge in [0, 0.05) is 24.6 Å². The number of benzene rings is 2. The Morgan fingerprint density at radius 3 is 2.46 bits per heavy atom. The van der Waals surface area contributed by atoms with E-state index in [1.165, 1.54) is 6.07 Å². The third-order valence-corrected chi connectivity index (χ3v) is 5.28. The van der Waals surface area contributed by atoms with Crippen molar-refractivity contribution in [3.8, 4) is 6.07 Å². The topological polar surface area (TPSA) is 143 Å². The molecule has 2 rings (SSSR count). The van der Waals surface area contributed by atoms with Crippen molar-refractivity contribution in [3.05, 3.63) is 53.1 Å². The molecule has 0 unspecified atom stereocenters. The van der Waals surface area contributed by atoms with Crippen LogP contribution in [0.5, 0.6) is 0 Å². The predicted octanol–water partition coefficient (Wildman–Crippen LogP) is 1.71. The predicted molar refractivity (Wildman–Crippen MR) is 108 cm³/mol. The molecule has 0 aliphatic carbocycles. The van der Waals surface area contributed by atoms with Crippen LogP contribution in [0.15, 0.2) is 46.3 Å². The first-order valence-corrected chi connectivity index (χ1v) is 10.2. The number of carbonyl (C=O) groups excluding carboxylic acids is 1. The molecule has 0 spiro atoms. The van der Waals surface area contributed by atoms with Crippen molar-refractivity contribution in [1.82, 2.24) is 0 Å². The summed E-state index contributed by atoms with van der Waals surface area (Å²) in [6, 6.07) is 11.8. The summed E-state index contributed by atoms with van der Waals surface area (Å²) in [7, 11) is -1.99. The van der Waals surface area contributed by atoms with Gasteiger partial charge in [-0.25, -0.2) is 8.42 Å². The number of nitrogens with zero attached hydrogens (tertiary/aromatic N) is 3. The Morgan fingerprint density at radius 2 is 1.93 bits per heavy atom. The standard InChI is InChI=1S/C19H21N5O3S/c1-4-13-9-16(24(2)14-7-5-6-12(8-14)11-20)17(28(3,26)27)10-15(13)18(25)23-19(21)22/h5-10H,4H2,1-3H3,(H4,21,22,23,25). The molecule has 0 atom stereocenters. The molecule has 0 aromatic heterocycles. The average molecular weight is 399 g/mol. The number of hydrogen-bond acceptors (Lipinski definition) is 5. The van der Waals surface area contributed by atoms with Crippen molar-refractivity contribution in [3.63, 3.8) is 0 Å². The molecular formula is C19H21N5O3S. The number of nitriles is 1. The Kier molecular flexibility index (Phi) is 6.06. The van der Waals surface area contributed by atoms with Gasteiger partial charge in [0.25, 0.3) is 5.91 Å². The second-order valence-corrected chi connectivity index (χ2v) is 8.15. The van der Waals surface area contributed by atoms with Crippen LogP contribution in [0.2, 0.25) is 0 Å². The van der Waals surface area contributed by atoms with Gasteiger partial charge < -0.3 is 16.4 Å². The van der Waals surface area contributed by atoms with Crippen molar-refractivity contribution in [2.24, 2.45) is 16.5 Å². The number of guanidine groups is 1. The van der Waals surface area contributed by atoms with Crippen LogP contribution in [0.25, 0.3) is 0 Å². The zero-order valence-electron chi connectivity index (χ0n) is 15.8. The summed E-state index contributed by atoms with van der Waals surface area (Å²) in [5.41, 5.74) is 12.7. The van der Waals surface area contributed by atoms with E-state index in [2.05, 4.69) is 11.1 Å². The molecule has 0 aliphatic heterocycles. The van der Waals surface area contributed by atoms with E-state index in [9.17, 15) is 13.2 Å². The number of hydrogen-bond donors (Lipinski definition) is 2. The lowest BCUT2D eigenvalue weighted by molar-refractivity contribution is 0.100. The fourth-order valence-corrected chi connectivity index (χ4v) is 3.67. The molecule has 2 aromatic carbocycles. The summed E-state index contributed by atoms with van der Waals surface area (Å²) in [5.74, 6) is -1.11. The second kappa shape index (κ2) is 8.10. The van der Waals surface area contributed by atoms with Crippen LogP contribution in [0.1, 0.15) is 28.4 Å². The molecule has 0 radical (unpaired) electrons. The summed E-state index contributed by atoms with van der Waals surface area (Å²) in [6.45, 7) is 1.84. The van der Waals surface area contributed by atoms with Crippen molar-refractivity contribution >= 4 is 33.1 Å². The van der Waals surface area contributed by atoms with E-state index in [1.54, 1.807) is 42.3 Å². The number of sulfone groups is 1. The van der Waals surface area contributed by atoms with Crippen molar-refractivity contribution < 1.29 is 13.2 Å². The number of carbonyl (C=O) groups is 1. The zero-order valence-corrected chi connectivity index (χ0v) is 16.6. The first kappa shape index (κ1) is 20.9. The number of rotatable bonds is 5. The summed E-state index contributed by atoms with van der Waals surface area (Å²) in [5, 5.41) is 9.12. The zero-order chi connectivity index (χ0) is 21.1. The summed E-state index contributed by atoms with van der Waals surface area (Å²) in [4.78, 5) is 17.5. The van der Waals surface area contributed by atoms with Crippen LogP contribution in [0, 0.1) is 11.3 Å². The van der Waals surface area contributed by atoms with Gasteiger partial charge in [-0.15, -0.1) is 0 Å². The van der Waals surface area contributed by atoms with Crippen LogP contribution in [-0.2, 0) is 16.3 Å². The molecule has 0 heterocycles. The molecule has 4 N–H and O–H groups in total. The third kappa shape index (κ3) is 4.47. The Labute approximate surface area is 164 Å². The van der Waals surface area contributed by atoms with Crippen LogP contribution in [0.3, 0.4) is 0 Å². The maximum absolute atomic E-state index is 12.4. The molecule has 28 heavy (non-hydrogen) atoms. The molecule has 0 fully saturated rings. The number of aryl methyl sites for hydroxylation is 1. The largest absolute Gasteiger partial charge is 0.370 e. The van der Waals surface area contributed by atoms with E-state index >= 15 is 0 Å². The monoisotopic (exact) mass is 399 g/mol. The SMILES string of the molecule is CCc1cc(N(C)c2cccc(C#N)c2)c(S(C)(=O)=O)cc1C(=O)N=C(N)N. The Hall–Kier alpha value is -3.38. The van der Waals surface area contributed by atoms with E-state index in [1.807, 2.05) is 6.92 Å². The van der Waals surface area contributed by atoms with Crippen LogP contribution in [0.4, 0.5) is 11.4 Å². The first-order valence-electron chi connectivity index (χ1n) is 8.33.